The number of halogens is 1. The average Bonchev–Trinajstić information content (AvgIpc) is 3.21. The van der Waals surface area contributed by atoms with E-state index in [1.54, 1.807) is 17.5 Å². The summed E-state index contributed by atoms with van der Waals surface area (Å²) in [5.74, 6) is -0.415. The van der Waals surface area contributed by atoms with Gasteiger partial charge in [0.2, 0.25) is 15.9 Å². The van der Waals surface area contributed by atoms with Crippen LogP contribution >= 0.6 is 22.9 Å². The van der Waals surface area contributed by atoms with E-state index in [2.05, 4.69) is 15.6 Å². The van der Waals surface area contributed by atoms with Gasteiger partial charge >= 0.3 is 0 Å². The van der Waals surface area contributed by atoms with Gasteiger partial charge in [-0.25, -0.2) is 13.4 Å². The van der Waals surface area contributed by atoms with E-state index in [-0.39, 0.29) is 22.6 Å². The normalized spacial score (nSPS) is 20.8. The van der Waals surface area contributed by atoms with Crippen molar-refractivity contribution in [1.29, 1.82) is 0 Å². The van der Waals surface area contributed by atoms with Crippen molar-refractivity contribution in [3.63, 3.8) is 0 Å². The van der Waals surface area contributed by atoms with Gasteiger partial charge in [0.15, 0.2) is 0 Å². The summed E-state index contributed by atoms with van der Waals surface area (Å²) < 4.78 is 27.5. The molecular formula is C22H27ClN4O4S2. The number of hydrogen-bond donors (Lipinski definition) is 2. The van der Waals surface area contributed by atoms with Crippen molar-refractivity contribution < 1.29 is 18.0 Å². The van der Waals surface area contributed by atoms with Gasteiger partial charge in [0.1, 0.15) is 11.7 Å². The summed E-state index contributed by atoms with van der Waals surface area (Å²) in [5.41, 5.74) is 1.13. The van der Waals surface area contributed by atoms with Crippen LogP contribution in [0.15, 0.2) is 28.5 Å². The van der Waals surface area contributed by atoms with Crippen molar-refractivity contribution in [2.45, 2.75) is 55.9 Å². The third-order valence-corrected chi connectivity index (χ3v) is 9.49. The first-order valence-electron chi connectivity index (χ1n) is 11.1. The fourth-order valence-electron chi connectivity index (χ4n) is 4.11. The van der Waals surface area contributed by atoms with Gasteiger partial charge in [0.05, 0.1) is 9.90 Å². The Balaban J connectivity index is 1.37. The lowest BCUT2D eigenvalue weighted by atomic mass is 9.99. The molecule has 8 nitrogen and oxygen atoms in total. The number of piperidine rings is 1. The van der Waals surface area contributed by atoms with Gasteiger partial charge in [-0.05, 0) is 56.7 Å². The zero-order chi connectivity index (χ0) is 23.6. The summed E-state index contributed by atoms with van der Waals surface area (Å²) in [7, 11) is -3.61. The highest BCUT2D eigenvalue weighted by Gasteiger charge is 2.32. The second-order valence-electron chi connectivity index (χ2n) is 8.47. The molecule has 11 heteroatoms. The van der Waals surface area contributed by atoms with Gasteiger partial charge in [-0.3, -0.25) is 9.59 Å². The first-order valence-corrected chi connectivity index (χ1v) is 13.8. The number of nitrogens with zero attached hydrogens (tertiary/aromatic N) is 2. The number of carbonyl (C=O) groups excluding carboxylic acids is 2. The van der Waals surface area contributed by atoms with Crippen LogP contribution < -0.4 is 10.6 Å². The topological polar surface area (TPSA) is 108 Å². The molecule has 33 heavy (non-hydrogen) atoms. The van der Waals surface area contributed by atoms with Crippen LogP contribution in [-0.2, 0) is 14.8 Å². The molecular weight excluding hydrogens is 484 g/mol. The lowest BCUT2D eigenvalue weighted by molar-refractivity contribution is -0.122. The van der Waals surface area contributed by atoms with Crippen LogP contribution in [0.1, 0.15) is 59.1 Å². The monoisotopic (exact) mass is 510 g/mol. The Bertz CT molecular complexity index is 1140. The first kappa shape index (κ1) is 24.1. The van der Waals surface area contributed by atoms with E-state index in [0.29, 0.717) is 49.6 Å². The molecule has 3 heterocycles. The Kier molecular flexibility index (Phi) is 7.37. The van der Waals surface area contributed by atoms with E-state index in [0.717, 1.165) is 23.4 Å². The molecule has 1 atom stereocenters. The number of amides is 2. The van der Waals surface area contributed by atoms with Crippen molar-refractivity contribution in [2.24, 2.45) is 0 Å². The maximum atomic E-state index is 13.0. The summed E-state index contributed by atoms with van der Waals surface area (Å²) in [4.78, 5) is 29.4. The molecule has 178 valence electrons. The van der Waals surface area contributed by atoms with Crippen LogP contribution in [0.4, 0.5) is 0 Å². The lowest BCUT2D eigenvalue weighted by Gasteiger charge is -2.30. The van der Waals surface area contributed by atoms with E-state index >= 15 is 0 Å². The van der Waals surface area contributed by atoms with E-state index in [4.69, 9.17) is 11.6 Å². The molecule has 2 aromatic rings. The molecule has 0 saturated carbocycles. The quantitative estimate of drug-likeness (QED) is 0.642. The average molecular weight is 511 g/mol. The zero-order valence-corrected chi connectivity index (χ0v) is 20.7. The van der Waals surface area contributed by atoms with Crippen molar-refractivity contribution in [3.05, 3.63) is 44.9 Å². The summed E-state index contributed by atoms with van der Waals surface area (Å²) in [6.45, 7) is 3.22. The minimum absolute atomic E-state index is 0.0887. The highest BCUT2D eigenvalue weighted by Crippen LogP contribution is 2.33. The molecule has 0 radical (unpaired) electrons. The first-order chi connectivity index (χ1) is 15.8. The summed E-state index contributed by atoms with van der Waals surface area (Å²) in [6.07, 6.45) is 3.65. The fourth-order valence-corrected chi connectivity index (χ4v) is 6.83. The summed E-state index contributed by atoms with van der Waals surface area (Å²) in [6, 6.07) is 4.26. The predicted molar refractivity (Wildman–Crippen MR) is 127 cm³/mol. The number of sulfonamides is 1. The standard InChI is InChI=1S/C22H27ClN4O4S2/c1-14-5-6-16(12-17(14)23)33(30,31)27-10-7-15(8-11-27)22-26-19(13-32-22)21(29)25-18-4-2-3-9-24-20(18)28/h5-6,12-13,15,18H,2-4,7-11H2,1H3,(H,24,28)(H,25,29). The minimum Gasteiger partial charge on any atom is -0.354 e. The number of benzene rings is 1. The van der Waals surface area contributed by atoms with Gasteiger partial charge in [0, 0.05) is 36.0 Å². The number of nitrogens with one attached hydrogen (secondary N) is 2. The van der Waals surface area contributed by atoms with Crippen molar-refractivity contribution in [1.82, 2.24) is 19.9 Å². The Morgan fingerprint density at radius 1 is 1.24 bits per heavy atom. The van der Waals surface area contributed by atoms with Crippen molar-refractivity contribution >= 4 is 44.8 Å². The van der Waals surface area contributed by atoms with E-state index in [1.807, 2.05) is 6.92 Å². The number of thiazole rings is 1. The Labute approximate surface area is 202 Å². The second kappa shape index (κ2) is 10.1. The van der Waals surface area contributed by atoms with Crippen molar-refractivity contribution in [2.75, 3.05) is 19.6 Å². The smallest absolute Gasteiger partial charge is 0.271 e. The summed E-state index contributed by atoms with van der Waals surface area (Å²) in [5, 5.41) is 8.56. The largest absolute Gasteiger partial charge is 0.354 e. The van der Waals surface area contributed by atoms with Gasteiger partial charge in [0.25, 0.3) is 5.91 Å². The maximum Gasteiger partial charge on any atom is 0.271 e. The van der Waals surface area contributed by atoms with Crippen LogP contribution in [-0.4, -0.2) is 55.2 Å². The van der Waals surface area contributed by atoms with Crippen LogP contribution in [0.2, 0.25) is 5.02 Å². The number of rotatable bonds is 5. The molecule has 2 fully saturated rings. The van der Waals surface area contributed by atoms with Crippen LogP contribution in [0.25, 0.3) is 0 Å². The third-order valence-electron chi connectivity index (χ3n) is 6.18. The number of carbonyl (C=O) groups is 2. The van der Waals surface area contributed by atoms with Crippen LogP contribution in [0.3, 0.4) is 0 Å². The molecule has 2 amide bonds. The Hall–Kier alpha value is -2.01. The molecule has 2 N–H and O–H groups in total. The zero-order valence-electron chi connectivity index (χ0n) is 18.3. The van der Waals surface area contributed by atoms with Gasteiger partial charge in [-0.1, -0.05) is 17.7 Å². The van der Waals surface area contributed by atoms with E-state index < -0.39 is 16.1 Å². The minimum atomic E-state index is -3.61. The summed E-state index contributed by atoms with van der Waals surface area (Å²) >= 11 is 7.52. The molecule has 1 aromatic heterocycles. The number of aryl methyl sites for hydroxylation is 1. The molecule has 4 rings (SSSR count). The molecule has 1 aromatic carbocycles. The van der Waals surface area contributed by atoms with E-state index in [9.17, 15) is 18.0 Å². The Morgan fingerprint density at radius 3 is 2.73 bits per heavy atom. The Morgan fingerprint density at radius 2 is 2.00 bits per heavy atom. The second-order valence-corrected chi connectivity index (χ2v) is 11.7. The fraction of sp³-hybridized carbons (Fsp3) is 0.500. The molecule has 0 bridgehead atoms. The molecule has 2 saturated heterocycles. The molecule has 1 unspecified atom stereocenters. The number of aromatic nitrogens is 1. The van der Waals surface area contributed by atoms with Crippen LogP contribution in [0.5, 0.6) is 0 Å². The highest BCUT2D eigenvalue weighted by atomic mass is 35.5. The molecule has 2 aliphatic heterocycles. The lowest BCUT2D eigenvalue weighted by Crippen LogP contribution is -2.45. The maximum absolute atomic E-state index is 13.0. The van der Waals surface area contributed by atoms with Crippen molar-refractivity contribution in [3.8, 4) is 0 Å². The van der Waals surface area contributed by atoms with Gasteiger partial charge < -0.3 is 10.6 Å². The molecule has 0 aliphatic carbocycles. The van der Waals surface area contributed by atoms with Gasteiger partial charge in [-0.2, -0.15) is 4.31 Å². The molecule has 2 aliphatic rings. The SMILES string of the molecule is Cc1ccc(S(=O)(=O)N2CCC(c3nc(C(=O)NC4CCCCNC4=O)cs3)CC2)cc1Cl. The highest BCUT2D eigenvalue weighted by molar-refractivity contribution is 7.89. The third kappa shape index (κ3) is 5.40. The molecule has 0 spiro atoms. The number of hydrogen-bond acceptors (Lipinski definition) is 6. The van der Waals surface area contributed by atoms with Gasteiger partial charge in [-0.15, -0.1) is 11.3 Å². The van der Waals surface area contributed by atoms with Crippen LogP contribution in [0, 0.1) is 6.92 Å². The van der Waals surface area contributed by atoms with E-state index in [1.165, 1.54) is 21.7 Å². The predicted octanol–water partition coefficient (Wildman–Crippen LogP) is 3.07.